The van der Waals surface area contributed by atoms with Crippen LogP contribution in [0.25, 0.3) is 0 Å². The highest BCUT2D eigenvalue weighted by Gasteiger charge is 2.30. The molecule has 6 nitrogen and oxygen atoms in total. The van der Waals surface area contributed by atoms with Gasteiger partial charge < -0.3 is 4.90 Å². The van der Waals surface area contributed by atoms with E-state index in [0.717, 1.165) is 30.6 Å². The minimum absolute atomic E-state index is 0.0895. The van der Waals surface area contributed by atoms with Crippen molar-refractivity contribution in [2.75, 3.05) is 22.3 Å². The molecule has 1 aromatic heterocycles. The fourth-order valence-corrected chi connectivity index (χ4v) is 4.99. The van der Waals surface area contributed by atoms with Crippen molar-refractivity contribution in [1.82, 2.24) is 4.98 Å². The summed E-state index contributed by atoms with van der Waals surface area (Å²) in [6.07, 6.45) is 4.63. The number of carbonyl (C=O) groups excluding carboxylic acids is 1. The molecule has 0 unspecified atom stereocenters. The van der Waals surface area contributed by atoms with Gasteiger partial charge in [0.25, 0.3) is 10.0 Å². The first-order valence-electron chi connectivity index (χ1n) is 8.44. The summed E-state index contributed by atoms with van der Waals surface area (Å²) in [6.45, 7) is 1.14. The summed E-state index contributed by atoms with van der Waals surface area (Å²) in [4.78, 5) is 18.1. The molecule has 0 N–H and O–H groups in total. The van der Waals surface area contributed by atoms with Crippen LogP contribution in [-0.4, -0.2) is 32.4 Å². The predicted molar refractivity (Wildman–Crippen MR) is 95.1 cm³/mol. The Balaban J connectivity index is 1.66. The van der Waals surface area contributed by atoms with Crippen LogP contribution in [0.3, 0.4) is 0 Å². The molecule has 0 atom stereocenters. The third-order valence-corrected chi connectivity index (χ3v) is 6.55. The predicted octanol–water partition coefficient (Wildman–Crippen LogP) is 2.35. The van der Waals surface area contributed by atoms with E-state index < -0.39 is 10.0 Å². The van der Waals surface area contributed by atoms with Gasteiger partial charge in [-0.15, -0.1) is 0 Å². The molecular weight excluding hydrogens is 338 g/mol. The highest BCUT2D eigenvalue weighted by atomic mass is 32.2. The molecule has 0 spiro atoms. The van der Waals surface area contributed by atoms with E-state index in [1.165, 1.54) is 4.31 Å². The zero-order valence-corrected chi connectivity index (χ0v) is 14.6. The molecule has 130 valence electrons. The first-order chi connectivity index (χ1) is 12.1. The number of nitrogens with zero attached hydrogens (tertiary/aromatic N) is 3. The summed E-state index contributed by atoms with van der Waals surface area (Å²) >= 11 is 0. The van der Waals surface area contributed by atoms with Crippen molar-refractivity contribution in [2.24, 2.45) is 0 Å². The molecule has 1 fully saturated rings. The lowest BCUT2D eigenvalue weighted by Crippen LogP contribution is -2.35. The lowest BCUT2D eigenvalue weighted by molar-refractivity contribution is -0.117. The van der Waals surface area contributed by atoms with E-state index in [2.05, 4.69) is 4.98 Å². The van der Waals surface area contributed by atoms with E-state index in [-0.39, 0.29) is 10.8 Å². The number of pyridine rings is 1. The first kappa shape index (κ1) is 16.1. The molecule has 1 aromatic carbocycles. The van der Waals surface area contributed by atoms with E-state index in [1.807, 2.05) is 0 Å². The lowest BCUT2D eigenvalue weighted by atomic mass is 10.1. The topological polar surface area (TPSA) is 70.6 Å². The molecule has 0 saturated carbocycles. The van der Waals surface area contributed by atoms with E-state index in [4.69, 9.17) is 0 Å². The normalized spacial score (nSPS) is 17.7. The van der Waals surface area contributed by atoms with E-state index in [0.29, 0.717) is 25.2 Å². The van der Waals surface area contributed by atoms with Crippen LogP contribution in [0.1, 0.15) is 25.0 Å². The Hall–Kier alpha value is -2.41. The van der Waals surface area contributed by atoms with Gasteiger partial charge in [-0.2, -0.15) is 0 Å². The van der Waals surface area contributed by atoms with Gasteiger partial charge in [0.2, 0.25) is 5.91 Å². The molecule has 1 amide bonds. The molecule has 1 saturated heterocycles. The number of rotatable bonds is 3. The number of amides is 1. The Kier molecular flexibility index (Phi) is 3.95. The summed E-state index contributed by atoms with van der Waals surface area (Å²) in [6, 6.07) is 10.2. The molecule has 2 aromatic rings. The molecule has 0 aliphatic carbocycles. The zero-order chi connectivity index (χ0) is 17.4. The number of hydrogen-bond donors (Lipinski definition) is 0. The summed E-state index contributed by atoms with van der Waals surface area (Å²) in [5, 5.41) is 0. The van der Waals surface area contributed by atoms with Crippen molar-refractivity contribution in [3.8, 4) is 0 Å². The van der Waals surface area contributed by atoms with Gasteiger partial charge in [-0.3, -0.25) is 14.1 Å². The maximum atomic E-state index is 13.1. The molecule has 7 heteroatoms. The maximum absolute atomic E-state index is 13.1. The van der Waals surface area contributed by atoms with Crippen LogP contribution in [-0.2, 0) is 21.2 Å². The van der Waals surface area contributed by atoms with Gasteiger partial charge in [0.1, 0.15) is 0 Å². The highest BCUT2D eigenvalue weighted by Crippen LogP contribution is 2.31. The number of anilines is 2. The van der Waals surface area contributed by atoms with E-state index in [9.17, 15) is 13.2 Å². The SMILES string of the molecule is O=C1CCCN1c1ccc(S(=O)(=O)N2CCCc3ncccc32)cc1. The van der Waals surface area contributed by atoms with E-state index >= 15 is 0 Å². The second-order valence-electron chi connectivity index (χ2n) is 6.29. The van der Waals surface area contributed by atoms with Crippen molar-refractivity contribution < 1.29 is 13.2 Å². The van der Waals surface area contributed by atoms with Gasteiger partial charge in [-0.25, -0.2) is 8.42 Å². The summed E-state index contributed by atoms with van der Waals surface area (Å²) < 4.78 is 27.6. The minimum Gasteiger partial charge on any atom is -0.312 e. The molecule has 3 heterocycles. The molecule has 0 bridgehead atoms. The smallest absolute Gasteiger partial charge is 0.264 e. The number of fused-ring (bicyclic) bond motifs is 1. The van der Waals surface area contributed by atoms with Crippen LogP contribution in [0.15, 0.2) is 47.5 Å². The second kappa shape index (κ2) is 6.15. The quantitative estimate of drug-likeness (QED) is 0.845. The number of aromatic nitrogens is 1. The van der Waals surface area contributed by atoms with Crippen LogP contribution in [0.4, 0.5) is 11.4 Å². The Morgan fingerprint density at radius 3 is 2.44 bits per heavy atom. The standard InChI is InChI=1S/C18H19N3O3S/c22-18-6-3-12-20(18)14-7-9-15(10-8-14)25(23,24)21-13-2-4-16-17(21)5-1-11-19-16/h1,5,7-11H,2-4,6,12-13H2. The van der Waals surface area contributed by atoms with Crippen molar-refractivity contribution in [3.63, 3.8) is 0 Å². The van der Waals surface area contributed by atoms with Crippen LogP contribution >= 0.6 is 0 Å². The lowest BCUT2D eigenvalue weighted by Gasteiger charge is -2.29. The number of hydrogen-bond acceptors (Lipinski definition) is 4. The van der Waals surface area contributed by atoms with Crippen LogP contribution in [0.2, 0.25) is 0 Å². The van der Waals surface area contributed by atoms with Crippen LogP contribution in [0.5, 0.6) is 0 Å². The zero-order valence-electron chi connectivity index (χ0n) is 13.8. The molecule has 25 heavy (non-hydrogen) atoms. The Morgan fingerprint density at radius 1 is 0.960 bits per heavy atom. The molecule has 0 radical (unpaired) electrons. The summed E-state index contributed by atoms with van der Waals surface area (Å²) in [5.41, 5.74) is 2.23. The molecule has 2 aliphatic heterocycles. The van der Waals surface area contributed by atoms with Gasteiger partial charge in [-0.1, -0.05) is 0 Å². The van der Waals surface area contributed by atoms with Gasteiger partial charge in [-0.05, 0) is 55.7 Å². The molecule has 4 rings (SSSR count). The highest BCUT2D eigenvalue weighted by molar-refractivity contribution is 7.92. The molecule has 2 aliphatic rings. The van der Waals surface area contributed by atoms with E-state index in [1.54, 1.807) is 47.5 Å². The first-order valence-corrected chi connectivity index (χ1v) is 9.88. The summed E-state index contributed by atoms with van der Waals surface area (Å²) in [5.74, 6) is 0.0895. The van der Waals surface area contributed by atoms with Gasteiger partial charge in [0.15, 0.2) is 0 Å². The Bertz CT molecular complexity index is 909. The average Bonchev–Trinajstić information content (AvgIpc) is 3.07. The van der Waals surface area contributed by atoms with Crippen molar-refractivity contribution in [3.05, 3.63) is 48.3 Å². The molecular formula is C18H19N3O3S. The fraction of sp³-hybridized carbons (Fsp3) is 0.333. The Labute approximate surface area is 147 Å². The second-order valence-corrected chi connectivity index (χ2v) is 8.16. The number of aryl methyl sites for hydroxylation is 1. The maximum Gasteiger partial charge on any atom is 0.264 e. The largest absolute Gasteiger partial charge is 0.312 e. The van der Waals surface area contributed by atoms with Crippen molar-refractivity contribution >= 4 is 27.3 Å². The number of benzene rings is 1. The average molecular weight is 357 g/mol. The van der Waals surface area contributed by atoms with Crippen LogP contribution < -0.4 is 9.21 Å². The third kappa shape index (κ3) is 2.78. The van der Waals surface area contributed by atoms with Gasteiger partial charge in [0.05, 0.1) is 16.3 Å². The van der Waals surface area contributed by atoms with Crippen molar-refractivity contribution in [1.29, 1.82) is 0 Å². The third-order valence-electron chi connectivity index (χ3n) is 4.72. The number of carbonyl (C=O) groups is 1. The Morgan fingerprint density at radius 2 is 1.72 bits per heavy atom. The van der Waals surface area contributed by atoms with Crippen LogP contribution in [0, 0.1) is 0 Å². The summed E-state index contributed by atoms with van der Waals surface area (Å²) in [7, 11) is -3.64. The van der Waals surface area contributed by atoms with Gasteiger partial charge in [0, 0.05) is 31.4 Å². The van der Waals surface area contributed by atoms with Crippen molar-refractivity contribution in [2.45, 2.75) is 30.6 Å². The fourth-order valence-electron chi connectivity index (χ4n) is 3.46. The van der Waals surface area contributed by atoms with Gasteiger partial charge >= 0.3 is 0 Å². The monoisotopic (exact) mass is 357 g/mol. The minimum atomic E-state index is -3.64. The number of sulfonamides is 1.